The van der Waals surface area contributed by atoms with Crippen LogP contribution in [0.4, 0.5) is 0 Å². The SMILES string of the molecule is O=C(CCc1ccc(O)cc1)NC1(c2cccc(Cl)c2)CC1. The Balaban J connectivity index is 1.59. The topological polar surface area (TPSA) is 49.3 Å². The van der Waals surface area contributed by atoms with Crippen LogP contribution >= 0.6 is 11.6 Å². The molecule has 0 saturated heterocycles. The number of nitrogens with one attached hydrogen (secondary N) is 1. The van der Waals surface area contributed by atoms with Gasteiger partial charge in [-0.25, -0.2) is 0 Å². The molecule has 2 N–H and O–H groups in total. The van der Waals surface area contributed by atoms with Crippen molar-refractivity contribution < 1.29 is 9.90 Å². The van der Waals surface area contributed by atoms with Gasteiger partial charge in [0, 0.05) is 11.4 Å². The lowest BCUT2D eigenvalue weighted by Gasteiger charge is -2.18. The number of hydrogen-bond donors (Lipinski definition) is 2. The lowest BCUT2D eigenvalue weighted by molar-refractivity contribution is -0.122. The fraction of sp³-hybridized carbons (Fsp3) is 0.278. The molecule has 0 aromatic heterocycles. The number of carbonyl (C=O) groups excluding carboxylic acids is 1. The van der Waals surface area contributed by atoms with Crippen LogP contribution in [-0.4, -0.2) is 11.0 Å². The summed E-state index contributed by atoms with van der Waals surface area (Å²) in [6.45, 7) is 0. The van der Waals surface area contributed by atoms with Gasteiger partial charge in [-0.05, 0) is 54.7 Å². The van der Waals surface area contributed by atoms with Gasteiger partial charge in [-0.2, -0.15) is 0 Å². The highest BCUT2D eigenvalue weighted by Crippen LogP contribution is 2.46. The van der Waals surface area contributed by atoms with Crippen molar-refractivity contribution in [1.29, 1.82) is 0 Å². The van der Waals surface area contributed by atoms with Crippen molar-refractivity contribution in [1.82, 2.24) is 5.32 Å². The third-order valence-corrected chi connectivity index (χ3v) is 4.32. The van der Waals surface area contributed by atoms with Crippen LogP contribution in [0.3, 0.4) is 0 Å². The molecule has 1 saturated carbocycles. The molecule has 1 amide bonds. The Bertz CT molecular complexity index is 678. The van der Waals surface area contributed by atoms with Gasteiger partial charge in [0.2, 0.25) is 5.91 Å². The second-order valence-corrected chi connectivity index (χ2v) is 6.24. The first-order valence-electron chi connectivity index (χ1n) is 7.42. The minimum Gasteiger partial charge on any atom is -0.508 e. The Labute approximate surface area is 134 Å². The highest BCUT2D eigenvalue weighted by atomic mass is 35.5. The van der Waals surface area contributed by atoms with E-state index in [0.717, 1.165) is 24.0 Å². The molecule has 2 aromatic rings. The monoisotopic (exact) mass is 315 g/mol. The van der Waals surface area contributed by atoms with Gasteiger partial charge in [0.25, 0.3) is 0 Å². The van der Waals surface area contributed by atoms with E-state index in [1.165, 1.54) is 0 Å². The van der Waals surface area contributed by atoms with Gasteiger partial charge < -0.3 is 10.4 Å². The van der Waals surface area contributed by atoms with Crippen molar-refractivity contribution in [2.24, 2.45) is 0 Å². The number of benzene rings is 2. The van der Waals surface area contributed by atoms with E-state index in [9.17, 15) is 9.90 Å². The molecule has 3 rings (SSSR count). The lowest BCUT2D eigenvalue weighted by Crippen LogP contribution is -2.34. The van der Waals surface area contributed by atoms with Crippen LogP contribution in [-0.2, 0) is 16.8 Å². The summed E-state index contributed by atoms with van der Waals surface area (Å²) in [5, 5.41) is 13.1. The van der Waals surface area contributed by atoms with Crippen LogP contribution in [0.5, 0.6) is 5.75 Å². The normalized spacial score (nSPS) is 15.3. The highest BCUT2D eigenvalue weighted by Gasteiger charge is 2.45. The van der Waals surface area contributed by atoms with Gasteiger partial charge in [0.05, 0.1) is 5.54 Å². The predicted molar refractivity (Wildman–Crippen MR) is 86.9 cm³/mol. The largest absolute Gasteiger partial charge is 0.508 e. The maximum Gasteiger partial charge on any atom is 0.221 e. The molecule has 0 bridgehead atoms. The van der Waals surface area contributed by atoms with Crippen molar-refractivity contribution in [3.8, 4) is 5.75 Å². The first-order valence-corrected chi connectivity index (χ1v) is 7.80. The van der Waals surface area contributed by atoms with Gasteiger partial charge in [-0.1, -0.05) is 35.9 Å². The number of carbonyl (C=O) groups is 1. The van der Waals surface area contributed by atoms with E-state index < -0.39 is 0 Å². The second-order valence-electron chi connectivity index (χ2n) is 5.81. The Morgan fingerprint density at radius 2 is 1.91 bits per heavy atom. The fourth-order valence-corrected chi connectivity index (χ4v) is 2.84. The van der Waals surface area contributed by atoms with Crippen LogP contribution in [0.1, 0.15) is 30.4 Å². The summed E-state index contributed by atoms with van der Waals surface area (Å²) in [5.41, 5.74) is 1.90. The van der Waals surface area contributed by atoms with Gasteiger partial charge in [-0.3, -0.25) is 4.79 Å². The molecule has 2 aromatic carbocycles. The van der Waals surface area contributed by atoms with E-state index in [4.69, 9.17) is 11.6 Å². The molecule has 4 heteroatoms. The van der Waals surface area contributed by atoms with Gasteiger partial charge in [0.15, 0.2) is 0 Å². The van der Waals surface area contributed by atoms with E-state index in [1.807, 2.05) is 36.4 Å². The molecule has 0 spiro atoms. The zero-order valence-electron chi connectivity index (χ0n) is 12.2. The van der Waals surface area contributed by atoms with E-state index >= 15 is 0 Å². The highest BCUT2D eigenvalue weighted by molar-refractivity contribution is 6.30. The summed E-state index contributed by atoms with van der Waals surface area (Å²) >= 11 is 6.04. The minimum absolute atomic E-state index is 0.0468. The van der Waals surface area contributed by atoms with Gasteiger partial charge in [-0.15, -0.1) is 0 Å². The van der Waals surface area contributed by atoms with Crippen LogP contribution in [0.25, 0.3) is 0 Å². The third-order valence-electron chi connectivity index (χ3n) is 4.08. The van der Waals surface area contributed by atoms with Crippen molar-refractivity contribution in [2.45, 2.75) is 31.2 Å². The van der Waals surface area contributed by atoms with Crippen molar-refractivity contribution in [3.05, 3.63) is 64.7 Å². The smallest absolute Gasteiger partial charge is 0.221 e. The minimum atomic E-state index is -0.225. The van der Waals surface area contributed by atoms with Crippen LogP contribution in [0.2, 0.25) is 5.02 Å². The maximum absolute atomic E-state index is 12.2. The van der Waals surface area contributed by atoms with Gasteiger partial charge >= 0.3 is 0 Å². The van der Waals surface area contributed by atoms with Crippen molar-refractivity contribution in [2.75, 3.05) is 0 Å². The van der Waals surface area contributed by atoms with Crippen LogP contribution in [0, 0.1) is 0 Å². The predicted octanol–water partition coefficient (Wildman–Crippen LogP) is 3.78. The molecule has 0 atom stereocenters. The summed E-state index contributed by atoms with van der Waals surface area (Å²) in [6.07, 6.45) is 3.02. The van der Waals surface area contributed by atoms with Crippen molar-refractivity contribution >= 4 is 17.5 Å². The zero-order valence-corrected chi connectivity index (χ0v) is 12.9. The molecule has 0 aliphatic heterocycles. The maximum atomic E-state index is 12.2. The number of aryl methyl sites for hydroxylation is 1. The molecule has 1 aliphatic rings. The van der Waals surface area contributed by atoms with Crippen LogP contribution < -0.4 is 5.32 Å². The average molecular weight is 316 g/mol. The number of phenolic OH excluding ortho intramolecular Hbond substituents is 1. The molecular weight excluding hydrogens is 298 g/mol. The molecule has 22 heavy (non-hydrogen) atoms. The summed E-state index contributed by atoms with van der Waals surface area (Å²) in [4.78, 5) is 12.2. The van der Waals surface area contributed by atoms with Crippen LogP contribution in [0.15, 0.2) is 48.5 Å². The van der Waals surface area contributed by atoms with E-state index in [2.05, 4.69) is 5.32 Å². The number of amides is 1. The lowest BCUT2D eigenvalue weighted by atomic mass is 10.0. The number of halogens is 1. The summed E-state index contributed by atoms with van der Waals surface area (Å²) in [6, 6.07) is 14.7. The first-order chi connectivity index (χ1) is 10.6. The quantitative estimate of drug-likeness (QED) is 0.882. The average Bonchev–Trinajstić information content (AvgIpc) is 3.27. The zero-order chi connectivity index (χ0) is 15.6. The molecule has 0 heterocycles. The third kappa shape index (κ3) is 3.42. The number of hydrogen-bond acceptors (Lipinski definition) is 2. The standard InChI is InChI=1S/C18H18ClNO2/c19-15-3-1-2-14(12-15)18(10-11-18)20-17(22)9-6-13-4-7-16(21)8-5-13/h1-5,7-8,12,21H,6,9-11H2,(H,20,22). The molecular formula is C18H18ClNO2. The Hall–Kier alpha value is -2.00. The molecule has 0 radical (unpaired) electrons. The Morgan fingerprint density at radius 3 is 2.55 bits per heavy atom. The fourth-order valence-electron chi connectivity index (χ4n) is 2.65. The summed E-state index contributed by atoms with van der Waals surface area (Å²) in [7, 11) is 0. The second kappa shape index (κ2) is 6.01. The summed E-state index contributed by atoms with van der Waals surface area (Å²) < 4.78 is 0. The van der Waals surface area contributed by atoms with Gasteiger partial charge in [0.1, 0.15) is 5.75 Å². The molecule has 3 nitrogen and oxygen atoms in total. The molecule has 0 unspecified atom stereocenters. The summed E-state index contributed by atoms with van der Waals surface area (Å²) in [5.74, 6) is 0.289. The van der Waals surface area contributed by atoms with E-state index in [-0.39, 0.29) is 17.2 Å². The molecule has 1 aliphatic carbocycles. The van der Waals surface area contributed by atoms with E-state index in [0.29, 0.717) is 17.9 Å². The molecule has 1 fully saturated rings. The number of rotatable bonds is 5. The molecule has 114 valence electrons. The van der Waals surface area contributed by atoms with E-state index in [1.54, 1.807) is 12.1 Å². The number of aromatic hydroxyl groups is 1. The Kier molecular flexibility index (Phi) is 4.08. The Morgan fingerprint density at radius 1 is 1.18 bits per heavy atom. The number of phenols is 1. The first kappa shape index (κ1) is 14.9. The van der Waals surface area contributed by atoms with Crippen molar-refractivity contribution in [3.63, 3.8) is 0 Å².